The summed E-state index contributed by atoms with van der Waals surface area (Å²) in [5.41, 5.74) is 0. The van der Waals surface area contributed by atoms with Crippen molar-refractivity contribution in [2.24, 2.45) is 0 Å². The van der Waals surface area contributed by atoms with Crippen molar-refractivity contribution in [2.45, 2.75) is 36.6 Å². The number of anilines is 1. The van der Waals surface area contributed by atoms with Crippen LogP contribution in [0.1, 0.15) is 25.7 Å². The maximum atomic E-state index is 12.8. The maximum Gasteiger partial charge on any atom is 0.246 e. The summed E-state index contributed by atoms with van der Waals surface area (Å²) in [4.78, 5) is 4.26. The first kappa shape index (κ1) is 15.2. The molecule has 2 N–H and O–H groups in total. The van der Waals surface area contributed by atoms with E-state index in [1.54, 1.807) is 25.4 Å². The minimum atomic E-state index is -3.58. The molecule has 1 unspecified atom stereocenters. The fraction of sp³-hybridized carbons (Fsp3) is 0.615. The van der Waals surface area contributed by atoms with Gasteiger partial charge in [0.15, 0.2) is 0 Å². The molecule has 0 amide bonds. The largest absolute Gasteiger partial charge is 0.396 e. The molecule has 1 fully saturated rings. The van der Waals surface area contributed by atoms with E-state index in [1.165, 1.54) is 4.31 Å². The van der Waals surface area contributed by atoms with Crippen LogP contribution in [0.4, 0.5) is 5.82 Å². The molecule has 0 aliphatic carbocycles. The van der Waals surface area contributed by atoms with Crippen molar-refractivity contribution in [3.05, 3.63) is 18.3 Å². The Hall–Kier alpha value is -1.18. The van der Waals surface area contributed by atoms with E-state index in [0.717, 1.165) is 19.3 Å². The summed E-state index contributed by atoms with van der Waals surface area (Å²) in [5, 5.41) is 11.9. The van der Waals surface area contributed by atoms with E-state index in [-0.39, 0.29) is 17.5 Å². The normalized spacial score (nSPS) is 20.8. The maximum absolute atomic E-state index is 12.8. The third kappa shape index (κ3) is 2.94. The first-order valence-corrected chi connectivity index (χ1v) is 8.30. The van der Waals surface area contributed by atoms with E-state index in [2.05, 4.69) is 10.3 Å². The summed E-state index contributed by atoms with van der Waals surface area (Å²) in [6.07, 6.45) is 4.70. The summed E-state index contributed by atoms with van der Waals surface area (Å²) in [6, 6.07) is 3.07. The molecule has 7 heteroatoms. The van der Waals surface area contributed by atoms with Crippen molar-refractivity contribution in [3.63, 3.8) is 0 Å². The number of sulfonamides is 1. The molecule has 20 heavy (non-hydrogen) atoms. The van der Waals surface area contributed by atoms with Gasteiger partial charge in [0.1, 0.15) is 10.7 Å². The van der Waals surface area contributed by atoms with Crippen molar-refractivity contribution >= 4 is 15.8 Å². The number of aliphatic hydroxyl groups excluding tert-OH is 1. The predicted octanol–water partition coefficient (Wildman–Crippen LogP) is 1.05. The second-order valence-electron chi connectivity index (χ2n) is 4.88. The van der Waals surface area contributed by atoms with Crippen LogP contribution in [-0.2, 0) is 10.0 Å². The van der Waals surface area contributed by atoms with E-state index in [1.807, 2.05) is 0 Å². The van der Waals surface area contributed by atoms with Gasteiger partial charge in [-0.2, -0.15) is 4.31 Å². The Morgan fingerprint density at radius 2 is 2.30 bits per heavy atom. The Kier molecular flexibility index (Phi) is 4.95. The van der Waals surface area contributed by atoms with E-state index >= 15 is 0 Å². The summed E-state index contributed by atoms with van der Waals surface area (Å²) in [6.45, 7) is 0.508. The molecule has 1 aromatic rings. The van der Waals surface area contributed by atoms with Gasteiger partial charge < -0.3 is 10.4 Å². The van der Waals surface area contributed by atoms with Crippen LogP contribution >= 0.6 is 0 Å². The van der Waals surface area contributed by atoms with Gasteiger partial charge in [0.25, 0.3) is 0 Å². The Labute approximate surface area is 119 Å². The molecule has 0 bridgehead atoms. The Morgan fingerprint density at radius 3 is 3.00 bits per heavy atom. The molecule has 1 aromatic heterocycles. The summed E-state index contributed by atoms with van der Waals surface area (Å²) in [5.74, 6) is 0.362. The highest BCUT2D eigenvalue weighted by Crippen LogP contribution is 2.29. The van der Waals surface area contributed by atoms with Crippen molar-refractivity contribution < 1.29 is 13.5 Å². The summed E-state index contributed by atoms with van der Waals surface area (Å²) < 4.78 is 27.2. The Balaban J connectivity index is 2.37. The second-order valence-corrected chi connectivity index (χ2v) is 6.74. The third-order valence-electron chi connectivity index (χ3n) is 3.63. The first-order valence-electron chi connectivity index (χ1n) is 6.86. The number of nitrogens with one attached hydrogen (secondary N) is 1. The molecule has 2 heterocycles. The molecule has 0 spiro atoms. The van der Waals surface area contributed by atoms with Gasteiger partial charge in [-0.15, -0.1) is 0 Å². The number of pyridine rings is 1. The standard InChI is InChI=1S/C13H21N3O3S/c1-14-13-12(6-4-8-15-13)20(18,19)16-9-3-2-5-11(16)7-10-17/h4,6,8,11,17H,2-3,5,7,9-10H2,1H3,(H,14,15). The van der Waals surface area contributed by atoms with Gasteiger partial charge in [0.05, 0.1) is 0 Å². The molecule has 0 radical (unpaired) electrons. The lowest BCUT2D eigenvalue weighted by atomic mass is 10.0. The van der Waals surface area contributed by atoms with Gasteiger partial charge in [-0.1, -0.05) is 6.42 Å². The summed E-state index contributed by atoms with van der Waals surface area (Å²) in [7, 11) is -1.92. The molecule has 0 aromatic carbocycles. The molecule has 1 saturated heterocycles. The molecular formula is C13H21N3O3S. The predicted molar refractivity (Wildman–Crippen MR) is 77.0 cm³/mol. The second kappa shape index (κ2) is 6.51. The molecule has 112 valence electrons. The third-order valence-corrected chi connectivity index (χ3v) is 5.61. The highest BCUT2D eigenvalue weighted by Gasteiger charge is 2.34. The van der Waals surface area contributed by atoms with Crippen LogP contribution in [0.15, 0.2) is 23.2 Å². The van der Waals surface area contributed by atoms with Crippen LogP contribution in [0.2, 0.25) is 0 Å². The fourth-order valence-electron chi connectivity index (χ4n) is 2.64. The number of hydrogen-bond donors (Lipinski definition) is 2. The minimum absolute atomic E-state index is 0.00259. The smallest absolute Gasteiger partial charge is 0.246 e. The topological polar surface area (TPSA) is 82.5 Å². The zero-order valence-corrected chi connectivity index (χ0v) is 12.4. The lowest BCUT2D eigenvalue weighted by molar-refractivity contribution is 0.192. The van der Waals surface area contributed by atoms with E-state index in [0.29, 0.717) is 18.8 Å². The van der Waals surface area contributed by atoms with Gasteiger partial charge in [0.2, 0.25) is 10.0 Å². The molecule has 2 rings (SSSR count). The first-order chi connectivity index (χ1) is 9.61. The minimum Gasteiger partial charge on any atom is -0.396 e. The van der Waals surface area contributed by atoms with E-state index in [4.69, 9.17) is 5.11 Å². The van der Waals surface area contributed by atoms with Crippen LogP contribution < -0.4 is 5.32 Å². The van der Waals surface area contributed by atoms with Gasteiger partial charge in [0, 0.05) is 32.4 Å². The average molecular weight is 299 g/mol. The van der Waals surface area contributed by atoms with Crippen LogP contribution in [0, 0.1) is 0 Å². The van der Waals surface area contributed by atoms with Crippen LogP contribution in [0.3, 0.4) is 0 Å². The molecule has 6 nitrogen and oxygen atoms in total. The SMILES string of the molecule is CNc1ncccc1S(=O)(=O)N1CCCCC1CCO. The lowest BCUT2D eigenvalue weighted by Gasteiger charge is -2.34. The quantitative estimate of drug-likeness (QED) is 0.849. The van der Waals surface area contributed by atoms with Crippen molar-refractivity contribution in [1.29, 1.82) is 0 Å². The average Bonchev–Trinajstić information content (AvgIpc) is 2.48. The Morgan fingerprint density at radius 1 is 1.50 bits per heavy atom. The van der Waals surface area contributed by atoms with Gasteiger partial charge in [-0.25, -0.2) is 13.4 Å². The van der Waals surface area contributed by atoms with Crippen LogP contribution in [0.5, 0.6) is 0 Å². The van der Waals surface area contributed by atoms with Gasteiger partial charge in [-0.3, -0.25) is 0 Å². The molecule has 1 atom stereocenters. The number of piperidine rings is 1. The fourth-order valence-corrected chi connectivity index (χ4v) is 4.52. The van der Waals surface area contributed by atoms with E-state index in [9.17, 15) is 8.42 Å². The van der Waals surface area contributed by atoms with E-state index < -0.39 is 10.0 Å². The van der Waals surface area contributed by atoms with Crippen molar-refractivity contribution in [3.8, 4) is 0 Å². The van der Waals surface area contributed by atoms with Crippen LogP contribution in [-0.4, -0.2) is 49.1 Å². The Bertz CT molecular complexity index is 546. The lowest BCUT2D eigenvalue weighted by Crippen LogP contribution is -2.44. The number of aliphatic hydroxyl groups is 1. The zero-order valence-electron chi connectivity index (χ0n) is 11.6. The summed E-state index contributed by atoms with van der Waals surface area (Å²) >= 11 is 0. The number of aromatic nitrogens is 1. The molecular weight excluding hydrogens is 278 g/mol. The molecule has 1 aliphatic rings. The monoisotopic (exact) mass is 299 g/mol. The zero-order chi connectivity index (χ0) is 14.6. The molecule has 0 saturated carbocycles. The molecule has 1 aliphatic heterocycles. The number of rotatable bonds is 5. The van der Waals surface area contributed by atoms with Crippen molar-refractivity contribution in [1.82, 2.24) is 9.29 Å². The highest BCUT2D eigenvalue weighted by molar-refractivity contribution is 7.89. The number of nitrogens with zero attached hydrogens (tertiary/aromatic N) is 2. The highest BCUT2D eigenvalue weighted by atomic mass is 32.2. The van der Waals surface area contributed by atoms with Gasteiger partial charge in [-0.05, 0) is 31.4 Å². The number of hydrogen-bond acceptors (Lipinski definition) is 5. The van der Waals surface area contributed by atoms with Crippen molar-refractivity contribution in [2.75, 3.05) is 25.5 Å². The van der Waals surface area contributed by atoms with Gasteiger partial charge >= 0.3 is 0 Å². The van der Waals surface area contributed by atoms with Crippen LogP contribution in [0.25, 0.3) is 0 Å².